The minimum Gasteiger partial charge on any atom is -0.456 e. The lowest BCUT2D eigenvalue weighted by Gasteiger charge is -1.99. The molecular formula is C8H8F2O3. The molecule has 0 fully saturated rings. The van der Waals surface area contributed by atoms with Crippen LogP contribution in [0, 0.1) is 0 Å². The number of carbonyl (C=O) groups is 1. The summed E-state index contributed by atoms with van der Waals surface area (Å²) in [6.07, 6.45) is -1.95. The van der Waals surface area contributed by atoms with Crippen LogP contribution in [0.5, 0.6) is 0 Å². The van der Waals surface area contributed by atoms with Crippen molar-refractivity contribution >= 4 is 6.29 Å². The zero-order valence-electron chi connectivity index (χ0n) is 6.70. The quantitative estimate of drug-likeness (QED) is 0.665. The topological polar surface area (TPSA) is 39.4 Å². The molecule has 1 aromatic heterocycles. The molecule has 0 N–H and O–H groups in total. The average molecular weight is 190 g/mol. The molecule has 0 atom stereocenters. The summed E-state index contributed by atoms with van der Waals surface area (Å²) >= 11 is 0. The molecule has 0 aliphatic carbocycles. The smallest absolute Gasteiger partial charge is 0.261 e. The van der Waals surface area contributed by atoms with Gasteiger partial charge in [-0.3, -0.25) is 4.79 Å². The molecule has 1 aromatic rings. The van der Waals surface area contributed by atoms with Crippen LogP contribution in [0.2, 0.25) is 0 Å². The van der Waals surface area contributed by atoms with Crippen molar-refractivity contribution in [2.45, 2.75) is 13.0 Å². The van der Waals surface area contributed by atoms with Crippen molar-refractivity contribution in [2.75, 3.05) is 6.61 Å². The molecule has 72 valence electrons. The first-order chi connectivity index (χ1) is 6.22. The number of aldehydes is 1. The van der Waals surface area contributed by atoms with E-state index in [9.17, 15) is 13.6 Å². The zero-order chi connectivity index (χ0) is 9.68. The van der Waals surface area contributed by atoms with Crippen LogP contribution < -0.4 is 0 Å². The van der Waals surface area contributed by atoms with E-state index in [1.165, 1.54) is 12.1 Å². The summed E-state index contributed by atoms with van der Waals surface area (Å²) in [5.41, 5.74) is 0. The van der Waals surface area contributed by atoms with E-state index in [-0.39, 0.29) is 12.4 Å². The number of hydrogen-bond acceptors (Lipinski definition) is 3. The Morgan fingerprint density at radius 2 is 2.31 bits per heavy atom. The van der Waals surface area contributed by atoms with Crippen LogP contribution in [-0.2, 0) is 11.3 Å². The van der Waals surface area contributed by atoms with Gasteiger partial charge in [-0.05, 0) is 12.1 Å². The Morgan fingerprint density at radius 1 is 1.54 bits per heavy atom. The highest BCUT2D eigenvalue weighted by molar-refractivity contribution is 5.70. The number of ether oxygens (including phenoxy) is 1. The van der Waals surface area contributed by atoms with Crippen molar-refractivity contribution in [1.29, 1.82) is 0 Å². The molecule has 0 bridgehead atoms. The van der Waals surface area contributed by atoms with E-state index in [1.807, 2.05) is 0 Å². The van der Waals surface area contributed by atoms with Crippen LogP contribution >= 0.6 is 0 Å². The van der Waals surface area contributed by atoms with Crippen molar-refractivity contribution in [3.8, 4) is 0 Å². The highest BCUT2D eigenvalue weighted by Crippen LogP contribution is 2.07. The largest absolute Gasteiger partial charge is 0.456 e. The van der Waals surface area contributed by atoms with Gasteiger partial charge in [0.2, 0.25) is 0 Å². The van der Waals surface area contributed by atoms with E-state index in [4.69, 9.17) is 4.42 Å². The summed E-state index contributed by atoms with van der Waals surface area (Å²) in [6, 6.07) is 2.96. The molecule has 1 heterocycles. The second-order valence-corrected chi connectivity index (χ2v) is 2.33. The van der Waals surface area contributed by atoms with Gasteiger partial charge in [-0.1, -0.05) is 0 Å². The first-order valence-electron chi connectivity index (χ1n) is 3.62. The molecule has 0 aliphatic rings. The van der Waals surface area contributed by atoms with Crippen molar-refractivity contribution in [1.82, 2.24) is 0 Å². The van der Waals surface area contributed by atoms with Gasteiger partial charge in [0.1, 0.15) is 19.0 Å². The van der Waals surface area contributed by atoms with E-state index in [0.717, 1.165) is 0 Å². The number of rotatable bonds is 5. The summed E-state index contributed by atoms with van der Waals surface area (Å²) in [4.78, 5) is 10.1. The zero-order valence-corrected chi connectivity index (χ0v) is 6.70. The fourth-order valence-electron chi connectivity index (χ4n) is 0.784. The lowest BCUT2D eigenvalue weighted by atomic mass is 10.4. The van der Waals surface area contributed by atoms with E-state index >= 15 is 0 Å². The maximum atomic E-state index is 11.6. The van der Waals surface area contributed by atoms with Crippen LogP contribution in [0.3, 0.4) is 0 Å². The van der Waals surface area contributed by atoms with Gasteiger partial charge in [-0.2, -0.15) is 0 Å². The molecule has 0 unspecified atom stereocenters. The molecule has 0 amide bonds. The van der Waals surface area contributed by atoms with Crippen molar-refractivity contribution < 1.29 is 22.7 Å². The van der Waals surface area contributed by atoms with Crippen LogP contribution in [0.25, 0.3) is 0 Å². The number of hydrogen-bond donors (Lipinski definition) is 0. The number of alkyl halides is 2. The summed E-state index contributed by atoms with van der Waals surface area (Å²) in [5, 5.41) is 0. The molecule has 0 aromatic carbocycles. The lowest BCUT2D eigenvalue weighted by Crippen LogP contribution is -2.03. The van der Waals surface area contributed by atoms with Gasteiger partial charge in [0.05, 0.1) is 0 Å². The number of carbonyl (C=O) groups excluding carboxylic acids is 1. The van der Waals surface area contributed by atoms with E-state index < -0.39 is 13.0 Å². The summed E-state index contributed by atoms with van der Waals surface area (Å²) in [6.45, 7) is -0.671. The van der Waals surface area contributed by atoms with E-state index in [0.29, 0.717) is 12.0 Å². The van der Waals surface area contributed by atoms with Gasteiger partial charge >= 0.3 is 0 Å². The van der Waals surface area contributed by atoms with Crippen LogP contribution in [0.1, 0.15) is 16.3 Å². The minimum atomic E-state index is -2.49. The Labute approximate surface area is 73.3 Å². The third kappa shape index (κ3) is 3.33. The summed E-state index contributed by atoms with van der Waals surface area (Å²) < 4.78 is 32.7. The van der Waals surface area contributed by atoms with E-state index in [2.05, 4.69) is 4.74 Å². The summed E-state index contributed by atoms with van der Waals surface area (Å²) in [5.74, 6) is 0.526. The standard InChI is InChI=1S/C8H8F2O3/c9-8(10)5-12-4-7-2-1-6(3-11)13-7/h1-3,8H,4-5H2. The van der Waals surface area contributed by atoms with Crippen LogP contribution in [0.4, 0.5) is 8.78 Å². The predicted octanol–water partition coefficient (Wildman–Crippen LogP) is 1.87. The second kappa shape index (κ2) is 4.71. The Hall–Kier alpha value is -1.23. The van der Waals surface area contributed by atoms with Gasteiger partial charge in [-0.15, -0.1) is 0 Å². The third-order valence-electron chi connectivity index (χ3n) is 1.29. The number of halogens is 2. The highest BCUT2D eigenvalue weighted by atomic mass is 19.3. The minimum absolute atomic E-state index is 0.0435. The first kappa shape index (κ1) is 9.85. The van der Waals surface area contributed by atoms with Gasteiger partial charge < -0.3 is 9.15 Å². The second-order valence-electron chi connectivity index (χ2n) is 2.33. The third-order valence-corrected chi connectivity index (χ3v) is 1.29. The molecule has 0 aliphatic heterocycles. The van der Waals surface area contributed by atoms with E-state index in [1.54, 1.807) is 0 Å². The Balaban J connectivity index is 2.32. The molecule has 1 rings (SSSR count). The molecule has 0 radical (unpaired) electrons. The van der Waals surface area contributed by atoms with Crippen LogP contribution in [-0.4, -0.2) is 19.3 Å². The van der Waals surface area contributed by atoms with Crippen LogP contribution in [0.15, 0.2) is 16.5 Å². The molecule has 13 heavy (non-hydrogen) atoms. The fraction of sp³-hybridized carbons (Fsp3) is 0.375. The highest BCUT2D eigenvalue weighted by Gasteiger charge is 2.04. The SMILES string of the molecule is O=Cc1ccc(COCC(F)F)o1. The summed E-state index contributed by atoms with van der Waals surface area (Å²) in [7, 11) is 0. The maximum Gasteiger partial charge on any atom is 0.261 e. The predicted molar refractivity (Wildman–Crippen MR) is 39.8 cm³/mol. The van der Waals surface area contributed by atoms with Gasteiger partial charge in [0.25, 0.3) is 6.43 Å². The maximum absolute atomic E-state index is 11.6. The average Bonchev–Trinajstić information content (AvgIpc) is 2.52. The van der Waals surface area contributed by atoms with Crippen molar-refractivity contribution in [3.63, 3.8) is 0 Å². The Morgan fingerprint density at radius 3 is 2.85 bits per heavy atom. The Kier molecular flexibility index (Phi) is 3.57. The van der Waals surface area contributed by atoms with Crippen molar-refractivity contribution in [2.24, 2.45) is 0 Å². The van der Waals surface area contributed by atoms with Crippen molar-refractivity contribution in [3.05, 3.63) is 23.7 Å². The molecule has 0 spiro atoms. The normalized spacial score (nSPS) is 10.7. The fourth-order valence-corrected chi connectivity index (χ4v) is 0.784. The monoisotopic (exact) mass is 190 g/mol. The van der Waals surface area contributed by atoms with Gasteiger partial charge in [0, 0.05) is 0 Å². The van der Waals surface area contributed by atoms with Gasteiger partial charge in [-0.25, -0.2) is 8.78 Å². The molecule has 0 saturated carbocycles. The molecular weight excluding hydrogens is 182 g/mol. The number of furan rings is 1. The first-order valence-corrected chi connectivity index (χ1v) is 3.62. The van der Waals surface area contributed by atoms with Gasteiger partial charge in [0.15, 0.2) is 12.0 Å². The molecule has 5 heteroatoms. The molecule has 3 nitrogen and oxygen atoms in total. The Bertz CT molecular complexity index is 270. The molecule has 0 saturated heterocycles. The lowest BCUT2D eigenvalue weighted by molar-refractivity contribution is 0.00437.